The molecule has 7 heteroatoms. The fourth-order valence-corrected chi connectivity index (χ4v) is 3.25. The fourth-order valence-electron chi connectivity index (χ4n) is 1.59. The van der Waals surface area contributed by atoms with Gasteiger partial charge in [-0.15, -0.1) is 23.1 Å². The number of anilines is 1. The molecule has 2 rings (SSSR count). The predicted octanol–water partition coefficient (Wildman–Crippen LogP) is 2.55. The van der Waals surface area contributed by atoms with Crippen LogP contribution in [0.1, 0.15) is 12.5 Å². The van der Waals surface area contributed by atoms with Crippen molar-refractivity contribution in [3.8, 4) is 11.9 Å². The summed E-state index contributed by atoms with van der Waals surface area (Å²) in [4.78, 5) is 15.1. The van der Waals surface area contributed by atoms with Gasteiger partial charge in [-0.25, -0.2) is 4.98 Å². The first-order chi connectivity index (χ1) is 8.58. The molecule has 0 bridgehead atoms. The average molecular weight is 279 g/mol. The first-order valence-electron chi connectivity index (χ1n) is 4.94. The highest BCUT2D eigenvalue weighted by Gasteiger charge is 2.18. The number of aromatic hydroxyl groups is 1. The Bertz CT molecular complexity index is 673. The summed E-state index contributed by atoms with van der Waals surface area (Å²) in [6.07, 6.45) is 1.82. The van der Waals surface area contributed by atoms with E-state index in [0.717, 1.165) is 0 Å². The lowest BCUT2D eigenvalue weighted by molar-refractivity contribution is -0.114. The molecular weight excluding hydrogens is 270 g/mol. The Morgan fingerprint density at radius 1 is 1.67 bits per heavy atom. The number of thiophene rings is 1. The van der Waals surface area contributed by atoms with Crippen LogP contribution in [-0.2, 0) is 4.79 Å². The number of nitriles is 1. The minimum Gasteiger partial charge on any atom is -0.492 e. The van der Waals surface area contributed by atoms with Gasteiger partial charge in [0.25, 0.3) is 0 Å². The lowest BCUT2D eigenvalue weighted by atomic mass is 10.1. The molecule has 2 heterocycles. The molecule has 1 amide bonds. The second kappa shape index (κ2) is 4.84. The van der Waals surface area contributed by atoms with Gasteiger partial charge in [0.2, 0.25) is 11.8 Å². The summed E-state index contributed by atoms with van der Waals surface area (Å²) in [5.74, 6) is -0.459. The monoisotopic (exact) mass is 279 g/mol. The van der Waals surface area contributed by atoms with Gasteiger partial charge in [-0.3, -0.25) is 4.79 Å². The van der Waals surface area contributed by atoms with Crippen molar-refractivity contribution in [1.29, 1.82) is 5.26 Å². The molecule has 18 heavy (non-hydrogen) atoms. The molecule has 0 aliphatic rings. The van der Waals surface area contributed by atoms with Crippen molar-refractivity contribution in [1.82, 2.24) is 4.98 Å². The Morgan fingerprint density at radius 2 is 2.39 bits per heavy atom. The molecule has 0 fully saturated rings. The normalized spacial score (nSPS) is 10.3. The maximum absolute atomic E-state index is 11.1. The number of pyridine rings is 1. The molecule has 92 valence electrons. The van der Waals surface area contributed by atoms with Crippen LogP contribution in [0.5, 0.6) is 5.88 Å². The molecule has 0 unspecified atom stereocenters. The SMILES string of the molecule is CSc1nc(O)c(C#N)c2csc(NC(C)=O)c12. The summed E-state index contributed by atoms with van der Waals surface area (Å²) < 4.78 is 0. The van der Waals surface area contributed by atoms with Crippen LogP contribution in [0.15, 0.2) is 10.4 Å². The number of hydrogen-bond acceptors (Lipinski definition) is 6. The van der Waals surface area contributed by atoms with Gasteiger partial charge in [-0.05, 0) is 6.26 Å². The van der Waals surface area contributed by atoms with Crippen molar-refractivity contribution >= 4 is 44.8 Å². The molecule has 0 aromatic carbocycles. The molecule has 0 saturated carbocycles. The molecule has 0 spiro atoms. The third-order valence-electron chi connectivity index (χ3n) is 2.30. The maximum Gasteiger partial charge on any atom is 0.230 e. The van der Waals surface area contributed by atoms with E-state index in [1.165, 1.54) is 30.0 Å². The fraction of sp³-hybridized carbons (Fsp3) is 0.182. The van der Waals surface area contributed by atoms with Crippen LogP contribution in [0.2, 0.25) is 0 Å². The molecule has 2 aromatic rings. The minimum absolute atomic E-state index is 0.135. The molecule has 0 radical (unpaired) electrons. The van der Waals surface area contributed by atoms with Crippen LogP contribution in [0, 0.1) is 11.3 Å². The number of thioether (sulfide) groups is 1. The van der Waals surface area contributed by atoms with E-state index in [4.69, 9.17) is 5.26 Å². The molecule has 0 saturated heterocycles. The Labute approximate surface area is 111 Å². The van der Waals surface area contributed by atoms with Crippen LogP contribution in [0.25, 0.3) is 10.8 Å². The van der Waals surface area contributed by atoms with Crippen LogP contribution in [0.4, 0.5) is 5.00 Å². The molecule has 0 aliphatic carbocycles. The molecule has 2 N–H and O–H groups in total. The van der Waals surface area contributed by atoms with Crippen LogP contribution in [0.3, 0.4) is 0 Å². The molecule has 2 aromatic heterocycles. The Hall–Kier alpha value is -1.78. The molecule has 0 aliphatic heterocycles. The first-order valence-corrected chi connectivity index (χ1v) is 7.04. The highest BCUT2D eigenvalue weighted by molar-refractivity contribution is 7.98. The largest absolute Gasteiger partial charge is 0.492 e. The van der Waals surface area contributed by atoms with Crippen LogP contribution in [-0.4, -0.2) is 22.3 Å². The number of hydrogen-bond donors (Lipinski definition) is 2. The second-order valence-electron chi connectivity index (χ2n) is 3.47. The third kappa shape index (κ3) is 2.00. The lowest BCUT2D eigenvalue weighted by Crippen LogP contribution is -2.04. The van der Waals surface area contributed by atoms with Crippen LogP contribution >= 0.6 is 23.1 Å². The van der Waals surface area contributed by atoms with Gasteiger partial charge in [0.05, 0.1) is 5.39 Å². The third-order valence-corrected chi connectivity index (χ3v) is 3.88. The minimum atomic E-state index is -0.276. The van der Waals surface area contributed by atoms with Gasteiger partial charge in [-0.1, -0.05) is 0 Å². The number of rotatable bonds is 2. The van der Waals surface area contributed by atoms with Crippen molar-refractivity contribution in [2.45, 2.75) is 11.9 Å². The maximum atomic E-state index is 11.1. The zero-order chi connectivity index (χ0) is 13.3. The topological polar surface area (TPSA) is 86.0 Å². The zero-order valence-electron chi connectivity index (χ0n) is 9.64. The quantitative estimate of drug-likeness (QED) is 0.825. The van der Waals surface area contributed by atoms with Gasteiger partial charge in [0.15, 0.2) is 0 Å². The molecule has 0 atom stereocenters. The van der Waals surface area contributed by atoms with E-state index >= 15 is 0 Å². The molecule has 5 nitrogen and oxygen atoms in total. The van der Waals surface area contributed by atoms with Crippen molar-refractivity contribution in [2.75, 3.05) is 11.6 Å². The van der Waals surface area contributed by atoms with Crippen molar-refractivity contribution in [2.24, 2.45) is 0 Å². The van der Waals surface area contributed by atoms with Gasteiger partial charge in [0, 0.05) is 17.7 Å². The second-order valence-corrected chi connectivity index (χ2v) is 5.14. The summed E-state index contributed by atoms with van der Waals surface area (Å²) in [7, 11) is 0. The van der Waals surface area contributed by atoms with Gasteiger partial charge < -0.3 is 10.4 Å². The summed E-state index contributed by atoms with van der Waals surface area (Å²) in [6, 6.07) is 1.93. The summed E-state index contributed by atoms with van der Waals surface area (Å²) in [5, 5.41) is 25.7. The van der Waals surface area contributed by atoms with Gasteiger partial charge >= 0.3 is 0 Å². The lowest BCUT2D eigenvalue weighted by Gasteiger charge is -2.05. The average Bonchev–Trinajstić information content (AvgIpc) is 2.71. The van der Waals surface area contributed by atoms with E-state index in [2.05, 4.69) is 10.3 Å². The van der Waals surface area contributed by atoms with E-state index in [0.29, 0.717) is 20.8 Å². The number of nitrogens with zero attached hydrogens (tertiary/aromatic N) is 2. The Morgan fingerprint density at radius 3 is 2.94 bits per heavy atom. The van der Waals surface area contributed by atoms with Crippen molar-refractivity contribution in [3.05, 3.63) is 10.9 Å². The van der Waals surface area contributed by atoms with Gasteiger partial charge in [0.1, 0.15) is 21.7 Å². The highest BCUT2D eigenvalue weighted by Crippen LogP contribution is 2.40. The number of nitrogens with one attached hydrogen (secondary N) is 1. The standard InChI is InChI=1S/C11H9N3O2S2/c1-5(15)13-11-8-7(4-18-11)6(3-12)9(16)14-10(8)17-2/h4,16H,1-2H3,(H,13,15). The number of carbonyl (C=O) groups excluding carboxylic acids is 1. The Kier molecular flexibility index (Phi) is 3.41. The number of fused-ring (bicyclic) bond motifs is 1. The number of aromatic nitrogens is 1. The van der Waals surface area contributed by atoms with Crippen molar-refractivity contribution < 1.29 is 9.90 Å². The summed E-state index contributed by atoms with van der Waals surface area (Å²) >= 11 is 2.66. The highest BCUT2D eigenvalue weighted by atomic mass is 32.2. The first kappa shape index (κ1) is 12.7. The van der Waals surface area contributed by atoms with E-state index in [1.54, 1.807) is 5.38 Å². The zero-order valence-corrected chi connectivity index (χ0v) is 11.3. The number of amides is 1. The molecular formula is C11H9N3O2S2. The van der Waals surface area contributed by atoms with E-state index in [9.17, 15) is 9.90 Å². The van der Waals surface area contributed by atoms with E-state index in [-0.39, 0.29) is 17.4 Å². The van der Waals surface area contributed by atoms with E-state index < -0.39 is 0 Å². The Balaban J connectivity index is 2.79. The predicted molar refractivity (Wildman–Crippen MR) is 72.1 cm³/mol. The van der Waals surface area contributed by atoms with Crippen LogP contribution < -0.4 is 5.32 Å². The summed E-state index contributed by atoms with van der Waals surface area (Å²) in [6.45, 7) is 1.42. The van der Waals surface area contributed by atoms with E-state index in [1.807, 2.05) is 12.3 Å². The van der Waals surface area contributed by atoms with Gasteiger partial charge in [-0.2, -0.15) is 5.26 Å². The smallest absolute Gasteiger partial charge is 0.230 e. The summed E-state index contributed by atoms with van der Waals surface area (Å²) in [5.41, 5.74) is 0.135. The number of carbonyl (C=O) groups is 1. The van der Waals surface area contributed by atoms with Crippen molar-refractivity contribution in [3.63, 3.8) is 0 Å².